The molecule has 3 aromatic rings. The van der Waals surface area contributed by atoms with Crippen LogP contribution in [0, 0.1) is 0 Å². The zero-order valence-corrected chi connectivity index (χ0v) is 18.7. The predicted molar refractivity (Wildman–Crippen MR) is 125 cm³/mol. The van der Waals surface area contributed by atoms with Crippen molar-refractivity contribution in [3.8, 4) is 5.75 Å². The van der Waals surface area contributed by atoms with Crippen molar-refractivity contribution in [2.24, 2.45) is 7.05 Å². The van der Waals surface area contributed by atoms with Gasteiger partial charge in [-0.2, -0.15) is 0 Å². The standard InChI is InChI=1S/C26H31N3O3/c1-27-23-8-3-2-6-20(23)15-24(27)26(31)29-12-13-32-25-10-9-19(14-21(25)17-29)16-28-11-5-4-7-22(28)18-30/h2-3,6,8-10,14-15,22,30H,4-5,7,11-13,16-18H2,1H3. The second-order valence-corrected chi connectivity index (χ2v) is 8.97. The number of piperidine rings is 1. The van der Waals surface area contributed by atoms with E-state index in [1.165, 1.54) is 18.4 Å². The molecule has 0 spiro atoms. The van der Waals surface area contributed by atoms with E-state index >= 15 is 0 Å². The average molecular weight is 434 g/mol. The number of hydrogen-bond acceptors (Lipinski definition) is 4. The fourth-order valence-electron chi connectivity index (χ4n) is 5.08. The van der Waals surface area contributed by atoms with Crippen molar-refractivity contribution >= 4 is 16.8 Å². The molecule has 0 saturated carbocycles. The molecule has 1 saturated heterocycles. The van der Waals surface area contributed by atoms with Crippen LogP contribution in [0.25, 0.3) is 10.9 Å². The molecule has 2 aliphatic rings. The number of aromatic nitrogens is 1. The van der Waals surface area contributed by atoms with Gasteiger partial charge in [-0.25, -0.2) is 0 Å². The lowest BCUT2D eigenvalue weighted by Gasteiger charge is -2.34. The molecule has 32 heavy (non-hydrogen) atoms. The summed E-state index contributed by atoms with van der Waals surface area (Å²) in [7, 11) is 1.95. The summed E-state index contributed by atoms with van der Waals surface area (Å²) >= 11 is 0. The maximum atomic E-state index is 13.4. The summed E-state index contributed by atoms with van der Waals surface area (Å²) < 4.78 is 7.97. The number of likely N-dealkylation sites (tertiary alicyclic amines) is 1. The molecule has 1 unspecified atom stereocenters. The number of fused-ring (bicyclic) bond motifs is 2. The number of aliphatic hydroxyl groups is 1. The van der Waals surface area contributed by atoms with Crippen LogP contribution in [0.2, 0.25) is 0 Å². The Morgan fingerprint density at radius 2 is 2.00 bits per heavy atom. The third kappa shape index (κ3) is 4.00. The number of ether oxygens (including phenoxy) is 1. The van der Waals surface area contributed by atoms with Gasteiger partial charge in [0.15, 0.2) is 0 Å². The van der Waals surface area contributed by atoms with Gasteiger partial charge in [-0.1, -0.05) is 30.7 Å². The second-order valence-electron chi connectivity index (χ2n) is 8.97. The van der Waals surface area contributed by atoms with Crippen LogP contribution in [0.15, 0.2) is 48.5 Å². The monoisotopic (exact) mass is 433 g/mol. The number of amides is 1. The van der Waals surface area contributed by atoms with E-state index in [-0.39, 0.29) is 18.6 Å². The Kier molecular flexibility index (Phi) is 5.89. The van der Waals surface area contributed by atoms with Crippen molar-refractivity contribution in [2.75, 3.05) is 26.3 Å². The molecule has 1 amide bonds. The van der Waals surface area contributed by atoms with E-state index in [1.54, 1.807) is 0 Å². The van der Waals surface area contributed by atoms with Crippen LogP contribution in [0.3, 0.4) is 0 Å². The van der Waals surface area contributed by atoms with Gasteiger partial charge in [0.2, 0.25) is 0 Å². The van der Waals surface area contributed by atoms with Gasteiger partial charge in [0.05, 0.1) is 13.2 Å². The Bertz CT molecular complexity index is 1120. The lowest BCUT2D eigenvalue weighted by molar-refractivity contribution is 0.0723. The fourth-order valence-corrected chi connectivity index (χ4v) is 5.08. The third-order valence-electron chi connectivity index (χ3n) is 6.91. The molecule has 0 bridgehead atoms. The Balaban J connectivity index is 1.37. The van der Waals surface area contributed by atoms with Crippen molar-refractivity contribution in [1.29, 1.82) is 0 Å². The molecule has 2 aliphatic heterocycles. The van der Waals surface area contributed by atoms with Crippen LogP contribution >= 0.6 is 0 Å². The molecule has 1 aromatic heterocycles. The highest BCUT2D eigenvalue weighted by atomic mass is 16.5. The van der Waals surface area contributed by atoms with E-state index in [2.05, 4.69) is 17.0 Å². The van der Waals surface area contributed by atoms with E-state index in [0.717, 1.165) is 41.7 Å². The summed E-state index contributed by atoms with van der Waals surface area (Å²) in [5, 5.41) is 10.8. The molecule has 6 heteroatoms. The Morgan fingerprint density at radius 3 is 2.84 bits per heavy atom. The highest BCUT2D eigenvalue weighted by molar-refractivity contribution is 5.98. The first-order valence-corrected chi connectivity index (χ1v) is 11.6. The van der Waals surface area contributed by atoms with Gasteiger partial charge >= 0.3 is 0 Å². The fraction of sp³-hybridized carbons (Fsp3) is 0.423. The van der Waals surface area contributed by atoms with Gasteiger partial charge in [0, 0.05) is 42.6 Å². The van der Waals surface area contributed by atoms with E-state index in [4.69, 9.17) is 4.74 Å². The molecular weight excluding hydrogens is 402 g/mol. The molecule has 0 aliphatic carbocycles. The Hall–Kier alpha value is -2.83. The van der Waals surface area contributed by atoms with Gasteiger partial charge in [-0.05, 0) is 49.2 Å². The minimum Gasteiger partial charge on any atom is -0.491 e. The van der Waals surface area contributed by atoms with Crippen LogP contribution in [-0.4, -0.2) is 57.7 Å². The van der Waals surface area contributed by atoms with Crippen LogP contribution in [0.1, 0.15) is 40.9 Å². The van der Waals surface area contributed by atoms with Crippen LogP contribution in [0.4, 0.5) is 0 Å². The van der Waals surface area contributed by atoms with Crippen LogP contribution < -0.4 is 4.74 Å². The molecule has 1 atom stereocenters. The molecule has 1 N–H and O–H groups in total. The molecule has 3 heterocycles. The van der Waals surface area contributed by atoms with Gasteiger partial charge in [-0.3, -0.25) is 9.69 Å². The minimum absolute atomic E-state index is 0.0296. The molecule has 0 radical (unpaired) electrons. The summed E-state index contributed by atoms with van der Waals surface area (Å²) in [5.41, 5.74) is 4.01. The zero-order chi connectivity index (χ0) is 22.1. The molecule has 168 valence electrons. The first-order chi connectivity index (χ1) is 15.6. The Morgan fingerprint density at radius 1 is 1.12 bits per heavy atom. The number of rotatable bonds is 4. The van der Waals surface area contributed by atoms with E-state index in [9.17, 15) is 9.90 Å². The van der Waals surface area contributed by atoms with E-state index in [1.807, 2.05) is 52.9 Å². The van der Waals surface area contributed by atoms with Gasteiger partial charge in [0.1, 0.15) is 18.1 Å². The summed E-state index contributed by atoms with van der Waals surface area (Å²) in [5.74, 6) is 0.889. The van der Waals surface area contributed by atoms with Crippen LogP contribution in [-0.2, 0) is 20.1 Å². The molecule has 6 nitrogen and oxygen atoms in total. The van der Waals surface area contributed by atoms with Gasteiger partial charge in [-0.15, -0.1) is 0 Å². The zero-order valence-electron chi connectivity index (χ0n) is 18.7. The van der Waals surface area contributed by atoms with Crippen molar-refractivity contribution in [3.63, 3.8) is 0 Å². The number of benzene rings is 2. The summed E-state index contributed by atoms with van der Waals surface area (Å²) in [6, 6.07) is 16.6. The maximum Gasteiger partial charge on any atom is 0.270 e. The second kappa shape index (κ2) is 8.96. The molecule has 1 fully saturated rings. The number of aliphatic hydroxyl groups excluding tert-OH is 1. The topological polar surface area (TPSA) is 57.9 Å². The normalized spacial score (nSPS) is 19.4. The smallest absolute Gasteiger partial charge is 0.270 e. The third-order valence-corrected chi connectivity index (χ3v) is 6.91. The first-order valence-electron chi connectivity index (χ1n) is 11.6. The number of nitrogens with zero attached hydrogens (tertiary/aromatic N) is 3. The van der Waals surface area contributed by atoms with Crippen molar-refractivity contribution in [3.05, 3.63) is 65.4 Å². The average Bonchev–Trinajstić information content (AvgIpc) is 3.01. The van der Waals surface area contributed by atoms with Gasteiger partial charge in [0.25, 0.3) is 5.91 Å². The van der Waals surface area contributed by atoms with E-state index < -0.39 is 0 Å². The van der Waals surface area contributed by atoms with Gasteiger partial charge < -0.3 is 19.3 Å². The number of aryl methyl sites for hydroxylation is 1. The highest BCUT2D eigenvalue weighted by Crippen LogP contribution is 2.28. The van der Waals surface area contributed by atoms with Crippen molar-refractivity contribution < 1.29 is 14.6 Å². The van der Waals surface area contributed by atoms with Crippen LogP contribution in [0.5, 0.6) is 5.75 Å². The van der Waals surface area contributed by atoms with Crippen molar-refractivity contribution in [1.82, 2.24) is 14.4 Å². The van der Waals surface area contributed by atoms with E-state index in [0.29, 0.717) is 25.4 Å². The number of hydrogen-bond donors (Lipinski definition) is 1. The Labute approximate surface area is 189 Å². The lowest BCUT2D eigenvalue weighted by atomic mass is 10.0. The number of carbonyl (C=O) groups is 1. The molecule has 2 aromatic carbocycles. The SMILES string of the molecule is Cn1c(C(=O)N2CCOc3ccc(CN4CCCCC4CO)cc3C2)cc2ccccc21. The minimum atomic E-state index is 0.0296. The number of para-hydroxylation sites is 1. The maximum absolute atomic E-state index is 13.4. The summed E-state index contributed by atoms with van der Waals surface area (Å²) in [6.07, 6.45) is 3.42. The summed E-state index contributed by atoms with van der Waals surface area (Å²) in [6.45, 7) is 3.62. The predicted octanol–water partition coefficient (Wildman–Crippen LogP) is 3.56. The number of carbonyl (C=O) groups excluding carboxylic acids is 1. The first kappa shape index (κ1) is 21.0. The summed E-state index contributed by atoms with van der Waals surface area (Å²) in [4.78, 5) is 17.7. The van der Waals surface area contributed by atoms with Crippen molar-refractivity contribution in [2.45, 2.75) is 38.4 Å². The highest BCUT2D eigenvalue weighted by Gasteiger charge is 2.25. The quantitative estimate of drug-likeness (QED) is 0.684. The lowest BCUT2D eigenvalue weighted by Crippen LogP contribution is -2.41. The molecule has 5 rings (SSSR count). The largest absolute Gasteiger partial charge is 0.491 e. The molecular formula is C26H31N3O3.